The molecule has 0 atom stereocenters. The number of sulfonamides is 1. The molecule has 20 heavy (non-hydrogen) atoms. The molecule has 0 amide bonds. The second kappa shape index (κ2) is 5.27. The number of aryl methyl sites for hydroxylation is 1. The zero-order valence-corrected chi connectivity index (χ0v) is 12.9. The van der Waals surface area contributed by atoms with Crippen LogP contribution in [0.5, 0.6) is 0 Å². The van der Waals surface area contributed by atoms with E-state index in [1.165, 1.54) is 15.2 Å². The first kappa shape index (κ1) is 14.3. The van der Waals surface area contributed by atoms with Gasteiger partial charge in [-0.1, -0.05) is 11.6 Å². The van der Waals surface area contributed by atoms with Crippen molar-refractivity contribution in [1.29, 1.82) is 0 Å². The van der Waals surface area contributed by atoms with Crippen LogP contribution in [-0.2, 0) is 17.1 Å². The lowest BCUT2D eigenvalue weighted by atomic mass is 10.1. The standard InChI is InChI=1S/C11H18ClN5O2S/c1-15-11(10(12)6-14-15)20(18,19)17-7-9(8-17)16-4-2-13-3-5-16/h6,9,13H,2-5,7-8H2,1H3. The van der Waals surface area contributed by atoms with E-state index in [0.717, 1.165) is 26.2 Å². The van der Waals surface area contributed by atoms with Gasteiger partial charge in [-0.15, -0.1) is 0 Å². The summed E-state index contributed by atoms with van der Waals surface area (Å²) in [6.45, 7) is 4.96. The number of rotatable bonds is 3. The third kappa shape index (κ3) is 2.35. The highest BCUT2D eigenvalue weighted by Gasteiger charge is 2.41. The molecule has 7 nitrogen and oxygen atoms in total. The molecule has 0 radical (unpaired) electrons. The molecule has 3 rings (SSSR count). The minimum Gasteiger partial charge on any atom is -0.314 e. The van der Waals surface area contributed by atoms with Crippen molar-refractivity contribution in [3.8, 4) is 0 Å². The predicted octanol–water partition coefficient (Wildman–Crippen LogP) is -0.648. The molecule has 0 unspecified atom stereocenters. The molecule has 9 heteroatoms. The van der Waals surface area contributed by atoms with Crippen LogP contribution in [0.3, 0.4) is 0 Å². The van der Waals surface area contributed by atoms with Gasteiger partial charge in [0.25, 0.3) is 10.0 Å². The number of halogens is 1. The molecule has 112 valence electrons. The largest absolute Gasteiger partial charge is 0.314 e. The van der Waals surface area contributed by atoms with Gasteiger partial charge in [-0.2, -0.15) is 9.40 Å². The monoisotopic (exact) mass is 319 g/mol. The van der Waals surface area contributed by atoms with E-state index in [1.54, 1.807) is 7.05 Å². The SMILES string of the molecule is Cn1ncc(Cl)c1S(=O)(=O)N1CC(N2CCNCC2)C1. The zero-order valence-electron chi connectivity index (χ0n) is 11.3. The highest BCUT2D eigenvalue weighted by atomic mass is 35.5. The second-order valence-corrected chi connectivity index (χ2v) is 7.44. The van der Waals surface area contributed by atoms with E-state index >= 15 is 0 Å². The predicted molar refractivity (Wildman–Crippen MR) is 75.2 cm³/mol. The molecule has 0 aliphatic carbocycles. The van der Waals surface area contributed by atoms with Crippen molar-refractivity contribution in [2.24, 2.45) is 7.05 Å². The van der Waals surface area contributed by atoms with Gasteiger partial charge in [0.1, 0.15) is 0 Å². The highest BCUT2D eigenvalue weighted by molar-refractivity contribution is 7.89. The lowest BCUT2D eigenvalue weighted by Gasteiger charge is -2.45. The molecule has 3 heterocycles. The molecule has 0 bridgehead atoms. The Morgan fingerprint density at radius 2 is 2.00 bits per heavy atom. The third-order valence-electron chi connectivity index (χ3n) is 3.92. The molecule has 2 aliphatic rings. The van der Waals surface area contributed by atoms with Crippen molar-refractivity contribution in [2.75, 3.05) is 39.3 Å². The normalized spacial score (nSPS) is 22.9. The Morgan fingerprint density at radius 3 is 2.55 bits per heavy atom. The molecular formula is C11H18ClN5O2S. The van der Waals surface area contributed by atoms with Crippen LogP contribution in [0.1, 0.15) is 0 Å². The fraction of sp³-hybridized carbons (Fsp3) is 0.727. The number of piperazine rings is 1. The smallest absolute Gasteiger partial charge is 0.261 e. The van der Waals surface area contributed by atoms with E-state index in [2.05, 4.69) is 15.3 Å². The summed E-state index contributed by atoms with van der Waals surface area (Å²) in [7, 11) is -1.94. The summed E-state index contributed by atoms with van der Waals surface area (Å²) < 4.78 is 27.8. The molecule has 0 spiro atoms. The van der Waals surface area contributed by atoms with Crippen molar-refractivity contribution in [2.45, 2.75) is 11.1 Å². The summed E-state index contributed by atoms with van der Waals surface area (Å²) in [5.74, 6) is 0. The second-order valence-electron chi connectivity index (χ2n) is 5.18. The number of nitrogens with one attached hydrogen (secondary N) is 1. The van der Waals surface area contributed by atoms with Crippen molar-refractivity contribution in [3.63, 3.8) is 0 Å². The summed E-state index contributed by atoms with van der Waals surface area (Å²) in [5.41, 5.74) is 0. The molecule has 0 aromatic carbocycles. The van der Waals surface area contributed by atoms with Crippen LogP contribution in [0.15, 0.2) is 11.2 Å². The maximum absolute atomic E-state index is 12.5. The molecule has 0 saturated carbocycles. The van der Waals surface area contributed by atoms with Crippen LogP contribution >= 0.6 is 11.6 Å². The third-order valence-corrected chi connectivity index (χ3v) is 6.26. The van der Waals surface area contributed by atoms with Gasteiger partial charge in [-0.25, -0.2) is 8.42 Å². The molecule has 1 aromatic heterocycles. The van der Waals surface area contributed by atoms with Crippen molar-refractivity contribution >= 4 is 21.6 Å². The maximum Gasteiger partial charge on any atom is 0.261 e. The Morgan fingerprint density at radius 1 is 1.35 bits per heavy atom. The quantitative estimate of drug-likeness (QED) is 0.802. The Balaban J connectivity index is 1.70. The van der Waals surface area contributed by atoms with Gasteiger partial charge in [0.15, 0.2) is 5.03 Å². The van der Waals surface area contributed by atoms with E-state index in [1.807, 2.05) is 0 Å². The first-order valence-electron chi connectivity index (χ1n) is 6.62. The lowest BCUT2D eigenvalue weighted by Crippen LogP contribution is -2.63. The van der Waals surface area contributed by atoms with Crippen molar-refractivity contribution < 1.29 is 8.42 Å². The van der Waals surface area contributed by atoms with Gasteiger partial charge in [-0.3, -0.25) is 9.58 Å². The molecule has 2 fully saturated rings. The fourth-order valence-electron chi connectivity index (χ4n) is 2.70. The van der Waals surface area contributed by atoms with Gasteiger partial charge in [0.2, 0.25) is 0 Å². The summed E-state index contributed by atoms with van der Waals surface area (Å²) in [6, 6.07) is 0.318. The fourth-order valence-corrected chi connectivity index (χ4v) is 4.82. The van der Waals surface area contributed by atoms with Gasteiger partial charge >= 0.3 is 0 Å². The zero-order chi connectivity index (χ0) is 14.3. The maximum atomic E-state index is 12.5. The number of nitrogens with zero attached hydrogens (tertiary/aromatic N) is 4. The summed E-state index contributed by atoms with van der Waals surface area (Å²) in [6.07, 6.45) is 1.36. The summed E-state index contributed by atoms with van der Waals surface area (Å²) in [4.78, 5) is 2.34. The van der Waals surface area contributed by atoms with E-state index in [9.17, 15) is 8.42 Å². The van der Waals surface area contributed by atoms with Crippen LogP contribution in [0.4, 0.5) is 0 Å². The Bertz CT molecular complexity index is 570. The van der Waals surface area contributed by atoms with Gasteiger partial charge in [-0.05, 0) is 0 Å². The van der Waals surface area contributed by atoms with Crippen molar-refractivity contribution in [3.05, 3.63) is 11.2 Å². The highest BCUT2D eigenvalue weighted by Crippen LogP contribution is 2.28. The summed E-state index contributed by atoms with van der Waals surface area (Å²) in [5, 5.41) is 7.45. The van der Waals surface area contributed by atoms with Crippen LogP contribution in [0.25, 0.3) is 0 Å². The minimum absolute atomic E-state index is 0.0814. The molecule has 2 aliphatic heterocycles. The molecular weight excluding hydrogens is 302 g/mol. The topological polar surface area (TPSA) is 70.5 Å². The van der Waals surface area contributed by atoms with Gasteiger partial charge in [0.05, 0.1) is 11.2 Å². The van der Waals surface area contributed by atoms with Crippen LogP contribution in [0, 0.1) is 0 Å². The Labute approximate surface area is 123 Å². The van der Waals surface area contributed by atoms with E-state index in [-0.39, 0.29) is 10.0 Å². The number of hydrogen-bond donors (Lipinski definition) is 1. The van der Waals surface area contributed by atoms with E-state index in [4.69, 9.17) is 11.6 Å². The number of aromatic nitrogens is 2. The average molecular weight is 320 g/mol. The van der Waals surface area contributed by atoms with Crippen LogP contribution in [-0.4, -0.2) is 72.7 Å². The minimum atomic E-state index is -3.53. The molecule has 1 aromatic rings. The number of hydrogen-bond acceptors (Lipinski definition) is 5. The lowest BCUT2D eigenvalue weighted by molar-refractivity contribution is 0.0770. The van der Waals surface area contributed by atoms with E-state index in [0.29, 0.717) is 19.1 Å². The van der Waals surface area contributed by atoms with Gasteiger partial charge < -0.3 is 5.32 Å². The van der Waals surface area contributed by atoms with Crippen molar-refractivity contribution in [1.82, 2.24) is 24.3 Å². The average Bonchev–Trinajstić information content (AvgIpc) is 2.68. The van der Waals surface area contributed by atoms with E-state index < -0.39 is 10.0 Å². The van der Waals surface area contributed by atoms with Crippen LogP contribution in [0.2, 0.25) is 5.02 Å². The Kier molecular flexibility index (Phi) is 3.76. The summed E-state index contributed by atoms with van der Waals surface area (Å²) >= 11 is 5.93. The molecule has 1 N–H and O–H groups in total. The van der Waals surface area contributed by atoms with Crippen LogP contribution < -0.4 is 5.32 Å². The Hall–Kier alpha value is -0.670. The first-order chi connectivity index (χ1) is 9.50. The molecule has 2 saturated heterocycles. The first-order valence-corrected chi connectivity index (χ1v) is 8.44. The van der Waals surface area contributed by atoms with Gasteiger partial charge in [0, 0.05) is 52.4 Å².